The molecule has 0 atom stereocenters. The molecule has 66 valence electrons. The molecule has 1 aromatic carbocycles. The van der Waals surface area contributed by atoms with Crippen molar-refractivity contribution in [3.8, 4) is 5.75 Å². The maximum atomic E-state index is 12.9. The molecule has 1 nitrogen and oxygen atoms in total. The Morgan fingerprint density at radius 1 is 1.33 bits per heavy atom. The van der Waals surface area contributed by atoms with Crippen LogP contribution in [0.3, 0.4) is 0 Å². The first kappa shape index (κ1) is 9.45. The molecule has 0 radical (unpaired) electrons. The van der Waals surface area contributed by atoms with E-state index in [0.29, 0.717) is 6.61 Å². The van der Waals surface area contributed by atoms with E-state index in [1.165, 1.54) is 0 Å². The van der Waals surface area contributed by atoms with Crippen molar-refractivity contribution < 1.29 is 13.5 Å². The lowest BCUT2D eigenvalue weighted by Crippen LogP contribution is -1.95. The summed E-state index contributed by atoms with van der Waals surface area (Å²) in [6.07, 6.45) is 0. The molecule has 1 aromatic rings. The van der Waals surface area contributed by atoms with E-state index in [1.54, 1.807) is 6.92 Å². The zero-order valence-corrected chi connectivity index (χ0v) is 7.99. The van der Waals surface area contributed by atoms with E-state index in [0.717, 1.165) is 12.1 Å². The molecule has 0 saturated carbocycles. The minimum absolute atomic E-state index is 0.0572. The average molecular weight is 237 g/mol. The van der Waals surface area contributed by atoms with Crippen LogP contribution in [0.25, 0.3) is 0 Å². The van der Waals surface area contributed by atoms with E-state index in [2.05, 4.69) is 15.9 Å². The van der Waals surface area contributed by atoms with Gasteiger partial charge >= 0.3 is 0 Å². The second kappa shape index (κ2) is 3.85. The molecule has 12 heavy (non-hydrogen) atoms. The normalized spacial score (nSPS) is 10.0. The Hall–Kier alpha value is -0.640. The standard InChI is InChI=1S/C8H7BrF2O/c1-2-12-8-4-6(10)5(9)3-7(8)11/h3-4H,2H2,1H3. The van der Waals surface area contributed by atoms with Gasteiger partial charge < -0.3 is 4.74 Å². The highest BCUT2D eigenvalue weighted by molar-refractivity contribution is 9.10. The molecule has 0 aliphatic heterocycles. The molecule has 0 amide bonds. The fourth-order valence-corrected chi connectivity index (χ4v) is 1.09. The van der Waals surface area contributed by atoms with Crippen LogP contribution in [-0.4, -0.2) is 6.61 Å². The van der Waals surface area contributed by atoms with Crippen LogP contribution in [0.4, 0.5) is 8.78 Å². The molecule has 0 spiro atoms. The topological polar surface area (TPSA) is 9.23 Å². The average Bonchev–Trinajstić information content (AvgIpc) is 2.01. The van der Waals surface area contributed by atoms with Gasteiger partial charge in [0, 0.05) is 6.07 Å². The Morgan fingerprint density at radius 3 is 2.58 bits per heavy atom. The van der Waals surface area contributed by atoms with Gasteiger partial charge in [-0.1, -0.05) is 0 Å². The van der Waals surface area contributed by atoms with Gasteiger partial charge in [0.1, 0.15) is 5.82 Å². The molecule has 4 heteroatoms. The number of ether oxygens (including phenoxy) is 1. The summed E-state index contributed by atoms with van der Waals surface area (Å²) in [7, 11) is 0. The molecule has 0 fully saturated rings. The van der Waals surface area contributed by atoms with E-state index >= 15 is 0 Å². The number of halogens is 3. The summed E-state index contributed by atoms with van der Waals surface area (Å²) in [6.45, 7) is 2.03. The van der Waals surface area contributed by atoms with Gasteiger partial charge in [-0.3, -0.25) is 0 Å². The summed E-state index contributed by atoms with van der Waals surface area (Å²) in [6, 6.07) is 2.06. The largest absolute Gasteiger partial charge is 0.491 e. The van der Waals surface area contributed by atoms with E-state index in [4.69, 9.17) is 4.74 Å². The molecule has 0 saturated heterocycles. The quantitative estimate of drug-likeness (QED) is 0.718. The summed E-state index contributed by atoms with van der Waals surface area (Å²) in [5, 5.41) is 0. The van der Waals surface area contributed by atoms with Crippen molar-refractivity contribution in [2.45, 2.75) is 6.92 Å². The third kappa shape index (κ3) is 1.94. The number of benzene rings is 1. The zero-order chi connectivity index (χ0) is 9.14. The van der Waals surface area contributed by atoms with Crippen molar-refractivity contribution in [2.75, 3.05) is 6.61 Å². The summed E-state index contributed by atoms with van der Waals surface area (Å²) >= 11 is 2.86. The SMILES string of the molecule is CCOc1cc(F)c(Br)cc1F. The van der Waals surface area contributed by atoms with Gasteiger partial charge in [0.25, 0.3) is 0 Å². The van der Waals surface area contributed by atoms with Crippen LogP contribution in [0.15, 0.2) is 16.6 Å². The van der Waals surface area contributed by atoms with E-state index in [1.807, 2.05) is 0 Å². The van der Waals surface area contributed by atoms with Crippen LogP contribution < -0.4 is 4.74 Å². The van der Waals surface area contributed by atoms with Crippen molar-refractivity contribution in [3.05, 3.63) is 28.2 Å². The minimum atomic E-state index is -0.565. The van der Waals surface area contributed by atoms with Gasteiger partial charge in [-0.05, 0) is 28.9 Å². The highest BCUT2D eigenvalue weighted by Gasteiger charge is 2.07. The predicted molar refractivity (Wildman–Crippen MR) is 45.2 cm³/mol. The van der Waals surface area contributed by atoms with Crippen molar-refractivity contribution >= 4 is 15.9 Å². The molecule has 0 bridgehead atoms. The van der Waals surface area contributed by atoms with Crippen LogP contribution in [0.1, 0.15) is 6.92 Å². The summed E-state index contributed by atoms with van der Waals surface area (Å²) in [5.41, 5.74) is 0. The molecule has 1 rings (SSSR count). The van der Waals surface area contributed by atoms with Gasteiger partial charge in [-0.25, -0.2) is 8.78 Å². The third-order valence-corrected chi connectivity index (χ3v) is 1.88. The Labute approximate surface area is 77.5 Å². The molecule has 0 aliphatic rings. The van der Waals surface area contributed by atoms with Crippen molar-refractivity contribution in [1.29, 1.82) is 0 Å². The first-order valence-electron chi connectivity index (χ1n) is 3.42. The number of hydrogen-bond donors (Lipinski definition) is 0. The van der Waals surface area contributed by atoms with Gasteiger partial charge in [-0.15, -0.1) is 0 Å². The van der Waals surface area contributed by atoms with Crippen LogP contribution in [-0.2, 0) is 0 Å². The molecule has 0 aromatic heterocycles. The highest BCUT2D eigenvalue weighted by Crippen LogP contribution is 2.24. The predicted octanol–water partition coefficient (Wildman–Crippen LogP) is 3.13. The van der Waals surface area contributed by atoms with Crippen molar-refractivity contribution in [1.82, 2.24) is 0 Å². The molecule has 0 aliphatic carbocycles. The van der Waals surface area contributed by atoms with Crippen LogP contribution in [0, 0.1) is 11.6 Å². The smallest absolute Gasteiger partial charge is 0.166 e. The zero-order valence-electron chi connectivity index (χ0n) is 6.40. The molecule has 0 N–H and O–H groups in total. The van der Waals surface area contributed by atoms with Gasteiger partial charge in [0.05, 0.1) is 11.1 Å². The van der Waals surface area contributed by atoms with Crippen LogP contribution in [0.5, 0.6) is 5.75 Å². The second-order valence-corrected chi connectivity index (χ2v) is 2.98. The Balaban J connectivity index is 3.05. The maximum absolute atomic E-state index is 12.9. The Morgan fingerprint density at radius 2 is 2.00 bits per heavy atom. The van der Waals surface area contributed by atoms with Gasteiger partial charge in [-0.2, -0.15) is 0 Å². The van der Waals surface area contributed by atoms with Crippen LogP contribution >= 0.6 is 15.9 Å². The Kier molecular flexibility index (Phi) is 3.03. The van der Waals surface area contributed by atoms with E-state index in [9.17, 15) is 8.78 Å². The van der Waals surface area contributed by atoms with Crippen molar-refractivity contribution in [2.24, 2.45) is 0 Å². The molecular weight excluding hydrogens is 230 g/mol. The highest BCUT2D eigenvalue weighted by atomic mass is 79.9. The fraction of sp³-hybridized carbons (Fsp3) is 0.250. The Bertz CT molecular complexity index is 289. The first-order valence-corrected chi connectivity index (χ1v) is 4.21. The van der Waals surface area contributed by atoms with Crippen molar-refractivity contribution in [3.63, 3.8) is 0 Å². The van der Waals surface area contributed by atoms with Gasteiger partial charge in [0.15, 0.2) is 11.6 Å². The maximum Gasteiger partial charge on any atom is 0.166 e. The summed E-state index contributed by atoms with van der Waals surface area (Å²) in [5.74, 6) is -1.15. The minimum Gasteiger partial charge on any atom is -0.491 e. The molecule has 0 heterocycles. The lowest BCUT2D eigenvalue weighted by molar-refractivity contribution is 0.319. The number of hydrogen-bond acceptors (Lipinski definition) is 1. The molecule has 0 unspecified atom stereocenters. The van der Waals surface area contributed by atoms with E-state index in [-0.39, 0.29) is 10.2 Å². The van der Waals surface area contributed by atoms with Crippen LogP contribution in [0.2, 0.25) is 0 Å². The monoisotopic (exact) mass is 236 g/mol. The lowest BCUT2D eigenvalue weighted by Gasteiger charge is -2.04. The fourth-order valence-electron chi connectivity index (χ4n) is 0.770. The summed E-state index contributed by atoms with van der Waals surface area (Å²) in [4.78, 5) is 0. The van der Waals surface area contributed by atoms with Gasteiger partial charge in [0.2, 0.25) is 0 Å². The first-order chi connectivity index (χ1) is 5.65. The van der Waals surface area contributed by atoms with E-state index < -0.39 is 11.6 Å². The third-order valence-electron chi connectivity index (χ3n) is 1.27. The summed E-state index contributed by atoms with van der Waals surface area (Å²) < 4.78 is 30.6. The lowest BCUT2D eigenvalue weighted by atomic mass is 10.3. The molecular formula is C8H7BrF2O. The number of rotatable bonds is 2. The second-order valence-electron chi connectivity index (χ2n) is 2.13.